The van der Waals surface area contributed by atoms with Crippen LogP contribution in [0.5, 0.6) is 11.5 Å². The fraction of sp³-hybridized carbons (Fsp3) is 0.290. The van der Waals surface area contributed by atoms with Gasteiger partial charge in [0.15, 0.2) is 11.5 Å². The number of para-hydroxylation sites is 1. The van der Waals surface area contributed by atoms with Crippen LogP contribution in [0.25, 0.3) is 10.9 Å². The molecule has 7 heteroatoms. The molecule has 2 amide bonds. The Labute approximate surface area is 223 Å². The third-order valence-electron chi connectivity index (χ3n) is 7.07. The van der Waals surface area contributed by atoms with Gasteiger partial charge < -0.3 is 24.3 Å². The predicted octanol–water partition coefficient (Wildman–Crippen LogP) is 5.06. The lowest BCUT2D eigenvalue weighted by molar-refractivity contribution is -0.132. The van der Waals surface area contributed by atoms with E-state index < -0.39 is 0 Å². The van der Waals surface area contributed by atoms with Crippen molar-refractivity contribution in [3.63, 3.8) is 0 Å². The minimum Gasteiger partial charge on any atom is -0.493 e. The summed E-state index contributed by atoms with van der Waals surface area (Å²) in [6.45, 7) is 0.978. The zero-order valence-electron chi connectivity index (χ0n) is 21.9. The number of carbonyl (C=O) groups excluding carboxylic acids is 2. The van der Waals surface area contributed by atoms with Crippen molar-refractivity contribution in [1.29, 1.82) is 0 Å². The summed E-state index contributed by atoms with van der Waals surface area (Å²) in [5.41, 5.74) is 3.78. The molecule has 3 aromatic carbocycles. The average Bonchev–Trinajstić information content (AvgIpc) is 3.73. The number of rotatable bonds is 11. The van der Waals surface area contributed by atoms with Crippen molar-refractivity contribution < 1.29 is 19.1 Å². The molecular formula is C31H33N3O4. The first kappa shape index (κ1) is 25.4. The summed E-state index contributed by atoms with van der Waals surface area (Å²) in [5.74, 6) is 1.09. The molecule has 1 N–H and O–H groups in total. The van der Waals surface area contributed by atoms with Crippen molar-refractivity contribution in [2.75, 3.05) is 27.3 Å². The predicted molar refractivity (Wildman–Crippen MR) is 147 cm³/mol. The number of aromatic nitrogens is 1. The summed E-state index contributed by atoms with van der Waals surface area (Å²) < 4.78 is 10.9. The Bertz CT molecular complexity index is 1410. The number of methoxy groups -OCH3 is 2. The number of amides is 2. The molecule has 0 radical (unpaired) electrons. The number of hydrogen-bond donors (Lipinski definition) is 1. The van der Waals surface area contributed by atoms with E-state index >= 15 is 0 Å². The molecule has 1 aliphatic carbocycles. The maximum Gasteiger partial charge on any atom is 0.254 e. The molecule has 1 aromatic heterocycles. The van der Waals surface area contributed by atoms with Crippen molar-refractivity contribution in [3.05, 3.63) is 95.7 Å². The Morgan fingerprint density at radius 3 is 2.39 bits per heavy atom. The second kappa shape index (κ2) is 11.4. The van der Waals surface area contributed by atoms with Gasteiger partial charge >= 0.3 is 0 Å². The summed E-state index contributed by atoms with van der Waals surface area (Å²) in [7, 11) is 3.20. The lowest BCUT2D eigenvalue weighted by Crippen LogP contribution is -2.44. The van der Waals surface area contributed by atoms with E-state index in [4.69, 9.17) is 9.47 Å². The number of fused-ring (bicyclic) bond motifs is 1. The molecule has 0 spiro atoms. The number of aromatic amines is 1. The third kappa shape index (κ3) is 5.67. The molecule has 1 fully saturated rings. The van der Waals surface area contributed by atoms with Gasteiger partial charge in [0.05, 0.1) is 14.2 Å². The van der Waals surface area contributed by atoms with Gasteiger partial charge in [-0.1, -0.05) is 42.5 Å². The number of nitrogens with zero attached hydrogens (tertiary/aromatic N) is 2. The Balaban J connectivity index is 1.38. The molecule has 0 bridgehead atoms. The van der Waals surface area contributed by atoms with E-state index in [9.17, 15) is 9.59 Å². The zero-order valence-corrected chi connectivity index (χ0v) is 21.9. The Morgan fingerprint density at radius 1 is 0.921 bits per heavy atom. The molecule has 196 valence electrons. The summed E-state index contributed by atoms with van der Waals surface area (Å²) in [4.78, 5) is 34.0. The largest absolute Gasteiger partial charge is 0.493 e. The van der Waals surface area contributed by atoms with Gasteiger partial charge in [0.2, 0.25) is 5.91 Å². The second-order valence-corrected chi connectivity index (χ2v) is 9.64. The van der Waals surface area contributed by atoms with E-state index in [2.05, 4.69) is 11.1 Å². The van der Waals surface area contributed by atoms with Crippen molar-refractivity contribution in [3.8, 4) is 11.5 Å². The van der Waals surface area contributed by atoms with Crippen molar-refractivity contribution in [1.82, 2.24) is 14.8 Å². The molecule has 0 unspecified atom stereocenters. The first-order valence-corrected chi connectivity index (χ1v) is 13.0. The summed E-state index contributed by atoms with van der Waals surface area (Å²) in [6.07, 6.45) is 4.56. The highest BCUT2D eigenvalue weighted by atomic mass is 16.5. The molecule has 5 rings (SSSR count). The fourth-order valence-corrected chi connectivity index (χ4v) is 4.83. The lowest BCUT2D eigenvalue weighted by Gasteiger charge is -2.28. The smallest absolute Gasteiger partial charge is 0.254 e. The second-order valence-electron chi connectivity index (χ2n) is 9.64. The van der Waals surface area contributed by atoms with Crippen LogP contribution in [0.2, 0.25) is 0 Å². The van der Waals surface area contributed by atoms with Crippen molar-refractivity contribution in [2.45, 2.75) is 31.8 Å². The lowest BCUT2D eigenvalue weighted by atomic mass is 10.1. The van der Waals surface area contributed by atoms with E-state index in [1.165, 1.54) is 0 Å². The molecule has 1 heterocycles. The first-order valence-electron chi connectivity index (χ1n) is 13.0. The van der Waals surface area contributed by atoms with Crippen LogP contribution in [-0.4, -0.2) is 59.9 Å². The molecule has 1 saturated carbocycles. The molecule has 38 heavy (non-hydrogen) atoms. The maximum absolute atomic E-state index is 13.8. The summed E-state index contributed by atoms with van der Waals surface area (Å²) in [5, 5.41) is 1.16. The third-order valence-corrected chi connectivity index (χ3v) is 7.07. The normalized spacial score (nSPS) is 12.8. The Morgan fingerprint density at radius 2 is 1.66 bits per heavy atom. The average molecular weight is 512 g/mol. The van der Waals surface area contributed by atoms with Gasteiger partial charge in [-0.3, -0.25) is 9.59 Å². The molecule has 0 aliphatic heterocycles. The minimum absolute atomic E-state index is 0.0551. The molecular weight excluding hydrogens is 478 g/mol. The first-order chi connectivity index (χ1) is 18.6. The number of ether oxygens (including phenoxy) is 2. The van der Waals surface area contributed by atoms with E-state index in [0.717, 1.165) is 34.9 Å². The van der Waals surface area contributed by atoms with Crippen LogP contribution >= 0.6 is 0 Å². The quantitative estimate of drug-likeness (QED) is 0.305. The minimum atomic E-state index is -0.0934. The van der Waals surface area contributed by atoms with Crippen LogP contribution in [0.4, 0.5) is 0 Å². The van der Waals surface area contributed by atoms with Gasteiger partial charge in [-0.05, 0) is 60.7 Å². The molecule has 7 nitrogen and oxygen atoms in total. The van der Waals surface area contributed by atoms with Gasteiger partial charge in [0.1, 0.15) is 6.54 Å². The number of hydrogen-bond acceptors (Lipinski definition) is 4. The van der Waals surface area contributed by atoms with Crippen LogP contribution in [0, 0.1) is 0 Å². The summed E-state index contributed by atoms with van der Waals surface area (Å²) >= 11 is 0. The topological polar surface area (TPSA) is 74.9 Å². The van der Waals surface area contributed by atoms with Crippen LogP contribution < -0.4 is 9.47 Å². The van der Waals surface area contributed by atoms with Crippen LogP contribution in [-0.2, 0) is 17.8 Å². The Hall–Kier alpha value is -4.26. The van der Waals surface area contributed by atoms with E-state index in [-0.39, 0.29) is 24.4 Å². The highest BCUT2D eigenvalue weighted by molar-refractivity contribution is 5.97. The number of nitrogens with one attached hydrogen (secondary N) is 1. The zero-order chi connectivity index (χ0) is 26.5. The van der Waals surface area contributed by atoms with Gasteiger partial charge in [0, 0.05) is 41.8 Å². The van der Waals surface area contributed by atoms with Gasteiger partial charge in [-0.25, -0.2) is 0 Å². The molecule has 4 aromatic rings. The highest BCUT2D eigenvalue weighted by Gasteiger charge is 2.35. The van der Waals surface area contributed by atoms with E-state index in [1.54, 1.807) is 31.3 Å². The number of benzene rings is 3. The van der Waals surface area contributed by atoms with Gasteiger partial charge in [0.25, 0.3) is 5.91 Å². The van der Waals surface area contributed by atoms with Crippen molar-refractivity contribution in [2.24, 2.45) is 0 Å². The van der Waals surface area contributed by atoms with Gasteiger partial charge in [-0.15, -0.1) is 0 Å². The van der Waals surface area contributed by atoms with Gasteiger partial charge in [-0.2, -0.15) is 0 Å². The van der Waals surface area contributed by atoms with Crippen LogP contribution in [0.15, 0.2) is 79.0 Å². The van der Waals surface area contributed by atoms with Crippen LogP contribution in [0.3, 0.4) is 0 Å². The monoisotopic (exact) mass is 511 g/mol. The van der Waals surface area contributed by atoms with Crippen molar-refractivity contribution >= 4 is 22.7 Å². The van der Waals surface area contributed by atoms with E-state index in [1.807, 2.05) is 65.7 Å². The standard InChI is InChI=1S/C31H33N3O4/c1-37-28-15-12-22(18-29(28)38-2)20-33(17-16-24-19-32-27-11-7-6-10-26(24)27)30(35)21-34(25-13-14-25)31(36)23-8-4-3-5-9-23/h3-12,15,18-19,25,32H,13-14,16-17,20-21H2,1-2H3. The summed E-state index contributed by atoms with van der Waals surface area (Å²) in [6, 6.07) is 23.2. The highest BCUT2D eigenvalue weighted by Crippen LogP contribution is 2.30. The van der Waals surface area contributed by atoms with E-state index in [0.29, 0.717) is 36.6 Å². The molecule has 0 atom stereocenters. The molecule has 0 saturated heterocycles. The number of H-pyrrole nitrogens is 1. The van der Waals surface area contributed by atoms with Crippen LogP contribution in [0.1, 0.15) is 34.3 Å². The molecule has 1 aliphatic rings. The SMILES string of the molecule is COc1ccc(CN(CCc2c[nH]c3ccccc23)C(=O)CN(C(=O)c2ccccc2)C2CC2)cc1OC. The Kier molecular flexibility index (Phi) is 7.63. The number of carbonyl (C=O) groups is 2. The fourth-order valence-electron chi connectivity index (χ4n) is 4.83. The maximum atomic E-state index is 13.8.